The van der Waals surface area contributed by atoms with Crippen molar-refractivity contribution in [1.82, 2.24) is 9.97 Å². The van der Waals surface area contributed by atoms with Crippen molar-refractivity contribution < 1.29 is 23.7 Å². The van der Waals surface area contributed by atoms with E-state index in [1.165, 1.54) is 21.3 Å². The lowest BCUT2D eigenvalue weighted by Crippen LogP contribution is -2.12. The zero-order valence-electron chi connectivity index (χ0n) is 17.5. The maximum atomic E-state index is 12.8. The first-order valence-electron chi connectivity index (χ1n) is 9.15. The number of methoxy groups -OCH3 is 3. The molecule has 8 heteroatoms. The van der Waals surface area contributed by atoms with E-state index in [0.717, 1.165) is 11.4 Å². The molecular formula is C22H23N3O5. The maximum absolute atomic E-state index is 12.8. The van der Waals surface area contributed by atoms with E-state index in [1.807, 2.05) is 19.9 Å². The highest BCUT2D eigenvalue weighted by Gasteiger charge is 2.17. The van der Waals surface area contributed by atoms with Crippen molar-refractivity contribution in [3.05, 3.63) is 59.4 Å². The minimum absolute atomic E-state index is 0.251. The molecule has 1 N–H and O–H groups in total. The molecule has 3 rings (SSSR count). The molecule has 0 spiro atoms. The first kappa shape index (κ1) is 20.9. The van der Waals surface area contributed by atoms with Gasteiger partial charge in [-0.1, -0.05) is 6.07 Å². The van der Waals surface area contributed by atoms with Crippen molar-refractivity contribution in [2.75, 3.05) is 26.6 Å². The average molecular weight is 409 g/mol. The minimum atomic E-state index is -0.339. The van der Waals surface area contributed by atoms with Crippen LogP contribution in [0.25, 0.3) is 0 Å². The third-order valence-electron chi connectivity index (χ3n) is 4.19. The fourth-order valence-electron chi connectivity index (χ4n) is 2.90. The molecule has 1 aromatic heterocycles. The molecule has 0 fully saturated rings. The SMILES string of the molecule is COc1cc(C(=O)Nc2cccc(Oc3nc(C)cc(C)n3)c2)cc(OC)c1OC. The Morgan fingerprint density at radius 1 is 0.867 bits per heavy atom. The number of aromatic nitrogens is 2. The van der Waals surface area contributed by atoms with Gasteiger partial charge in [0.2, 0.25) is 5.75 Å². The Bertz CT molecular complexity index is 1020. The van der Waals surface area contributed by atoms with Crippen LogP contribution in [-0.4, -0.2) is 37.2 Å². The summed E-state index contributed by atoms with van der Waals surface area (Å²) in [7, 11) is 4.49. The van der Waals surface area contributed by atoms with Crippen LogP contribution in [0.4, 0.5) is 5.69 Å². The number of carbonyl (C=O) groups excluding carboxylic acids is 1. The molecule has 0 aliphatic heterocycles. The predicted molar refractivity (Wildman–Crippen MR) is 112 cm³/mol. The number of nitrogens with one attached hydrogen (secondary N) is 1. The molecular weight excluding hydrogens is 386 g/mol. The molecule has 8 nitrogen and oxygen atoms in total. The van der Waals surface area contributed by atoms with E-state index in [0.29, 0.717) is 34.2 Å². The Morgan fingerprint density at radius 3 is 2.07 bits per heavy atom. The summed E-state index contributed by atoms with van der Waals surface area (Å²) >= 11 is 0. The highest BCUT2D eigenvalue weighted by atomic mass is 16.5. The number of ether oxygens (including phenoxy) is 4. The second kappa shape index (κ2) is 9.13. The lowest BCUT2D eigenvalue weighted by atomic mass is 10.1. The van der Waals surface area contributed by atoms with Gasteiger partial charge in [0.15, 0.2) is 11.5 Å². The first-order valence-corrected chi connectivity index (χ1v) is 9.15. The van der Waals surface area contributed by atoms with E-state index >= 15 is 0 Å². The number of amides is 1. The normalized spacial score (nSPS) is 10.3. The van der Waals surface area contributed by atoms with Crippen LogP contribution < -0.4 is 24.3 Å². The topological polar surface area (TPSA) is 91.8 Å². The van der Waals surface area contributed by atoms with Gasteiger partial charge in [0.05, 0.1) is 21.3 Å². The first-order chi connectivity index (χ1) is 14.4. The molecule has 3 aromatic rings. The summed E-state index contributed by atoms with van der Waals surface area (Å²) < 4.78 is 21.6. The highest BCUT2D eigenvalue weighted by Crippen LogP contribution is 2.38. The molecule has 0 radical (unpaired) electrons. The number of aryl methyl sites for hydroxylation is 2. The van der Waals surface area contributed by atoms with Crippen molar-refractivity contribution >= 4 is 11.6 Å². The lowest BCUT2D eigenvalue weighted by Gasteiger charge is -2.14. The summed E-state index contributed by atoms with van der Waals surface area (Å²) in [6.45, 7) is 3.74. The van der Waals surface area contributed by atoms with Crippen LogP contribution in [0.15, 0.2) is 42.5 Å². The van der Waals surface area contributed by atoms with Crippen LogP contribution in [-0.2, 0) is 0 Å². The summed E-state index contributed by atoms with van der Waals surface area (Å²) in [6, 6.07) is 12.3. The quantitative estimate of drug-likeness (QED) is 0.626. The van der Waals surface area contributed by atoms with Gasteiger partial charge in [-0.05, 0) is 44.2 Å². The van der Waals surface area contributed by atoms with Gasteiger partial charge >= 0.3 is 6.01 Å². The van der Waals surface area contributed by atoms with E-state index < -0.39 is 0 Å². The zero-order valence-corrected chi connectivity index (χ0v) is 17.5. The Balaban J connectivity index is 1.81. The molecule has 1 heterocycles. The Kier molecular flexibility index (Phi) is 6.36. The van der Waals surface area contributed by atoms with Gasteiger partial charge in [-0.25, -0.2) is 9.97 Å². The molecule has 0 saturated carbocycles. The molecule has 0 atom stereocenters. The maximum Gasteiger partial charge on any atom is 0.322 e. The van der Waals surface area contributed by atoms with E-state index in [1.54, 1.807) is 36.4 Å². The number of anilines is 1. The number of benzene rings is 2. The van der Waals surface area contributed by atoms with Crippen molar-refractivity contribution in [2.24, 2.45) is 0 Å². The van der Waals surface area contributed by atoms with Gasteiger partial charge in [0.1, 0.15) is 5.75 Å². The Labute approximate surface area is 174 Å². The van der Waals surface area contributed by atoms with Gasteiger partial charge in [0.25, 0.3) is 5.91 Å². The van der Waals surface area contributed by atoms with Crippen molar-refractivity contribution in [3.8, 4) is 29.0 Å². The Hall–Kier alpha value is -3.81. The molecule has 156 valence electrons. The summed E-state index contributed by atoms with van der Waals surface area (Å²) in [6.07, 6.45) is 0. The highest BCUT2D eigenvalue weighted by molar-refractivity contribution is 6.05. The van der Waals surface area contributed by atoms with Crippen LogP contribution in [0.3, 0.4) is 0 Å². The lowest BCUT2D eigenvalue weighted by molar-refractivity contribution is 0.102. The standard InChI is InChI=1S/C22H23N3O5/c1-13-9-14(2)24-22(23-13)30-17-8-6-7-16(12-17)25-21(26)15-10-18(27-3)20(29-5)19(11-15)28-4/h6-12H,1-5H3,(H,25,26). The molecule has 30 heavy (non-hydrogen) atoms. The van der Waals surface area contributed by atoms with E-state index in [9.17, 15) is 4.79 Å². The minimum Gasteiger partial charge on any atom is -0.493 e. The second-order valence-electron chi connectivity index (χ2n) is 6.43. The van der Waals surface area contributed by atoms with Gasteiger partial charge in [-0.3, -0.25) is 4.79 Å². The summed E-state index contributed by atoms with van der Waals surface area (Å²) in [4.78, 5) is 21.3. The Morgan fingerprint density at radius 2 is 1.50 bits per heavy atom. The van der Waals surface area contributed by atoms with Gasteiger partial charge in [0, 0.05) is 28.7 Å². The monoisotopic (exact) mass is 409 g/mol. The van der Waals surface area contributed by atoms with Crippen LogP contribution >= 0.6 is 0 Å². The second-order valence-corrected chi connectivity index (χ2v) is 6.43. The molecule has 2 aromatic carbocycles. The summed E-state index contributed by atoms with van der Waals surface area (Å²) in [5.74, 6) is 1.37. The molecule has 0 aliphatic carbocycles. The van der Waals surface area contributed by atoms with Crippen LogP contribution in [0.5, 0.6) is 29.0 Å². The van der Waals surface area contributed by atoms with Crippen LogP contribution in [0.2, 0.25) is 0 Å². The molecule has 0 aliphatic rings. The molecule has 0 bridgehead atoms. The average Bonchev–Trinajstić information content (AvgIpc) is 2.72. The van der Waals surface area contributed by atoms with E-state index in [4.69, 9.17) is 18.9 Å². The van der Waals surface area contributed by atoms with Crippen molar-refractivity contribution in [1.29, 1.82) is 0 Å². The molecule has 0 saturated heterocycles. The third kappa shape index (κ3) is 4.78. The summed E-state index contributed by atoms with van der Waals surface area (Å²) in [5, 5.41) is 2.84. The van der Waals surface area contributed by atoms with Gasteiger partial charge < -0.3 is 24.3 Å². The van der Waals surface area contributed by atoms with E-state index in [2.05, 4.69) is 15.3 Å². The van der Waals surface area contributed by atoms with E-state index in [-0.39, 0.29) is 11.9 Å². The van der Waals surface area contributed by atoms with Gasteiger partial charge in [-0.2, -0.15) is 0 Å². The smallest absolute Gasteiger partial charge is 0.322 e. The summed E-state index contributed by atoms with van der Waals surface area (Å²) in [5.41, 5.74) is 2.53. The van der Waals surface area contributed by atoms with Gasteiger partial charge in [-0.15, -0.1) is 0 Å². The van der Waals surface area contributed by atoms with Crippen LogP contribution in [0, 0.1) is 13.8 Å². The molecule has 0 unspecified atom stereocenters. The van der Waals surface area contributed by atoms with Crippen LogP contribution in [0.1, 0.15) is 21.7 Å². The number of carbonyl (C=O) groups is 1. The van der Waals surface area contributed by atoms with Crippen molar-refractivity contribution in [2.45, 2.75) is 13.8 Å². The number of hydrogen-bond donors (Lipinski definition) is 1. The predicted octanol–water partition coefficient (Wildman–Crippen LogP) is 4.16. The fraction of sp³-hybridized carbons (Fsp3) is 0.227. The van der Waals surface area contributed by atoms with Crippen molar-refractivity contribution in [3.63, 3.8) is 0 Å². The fourth-order valence-corrected chi connectivity index (χ4v) is 2.90. The third-order valence-corrected chi connectivity index (χ3v) is 4.19. The molecule has 1 amide bonds. The number of rotatable bonds is 7. The largest absolute Gasteiger partial charge is 0.493 e. The zero-order chi connectivity index (χ0) is 21.7. The number of hydrogen-bond acceptors (Lipinski definition) is 7. The number of nitrogens with zero attached hydrogens (tertiary/aromatic N) is 2.